The highest BCUT2D eigenvalue weighted by Gasteiger charge is 2.78. The largest absolute Gasteiger partial charge is 0.462 e. The second-order valence-corrected chi connectivity index (χ2v) is 27.3. The first-order valence-corrected chi connectivity index (χ1v) is 30.5. The summed E-state index contributed by atoms with van der Waals surface area (Å²) in [6.45, 7) is 6.87. The Bertz CT molecular complexity index is 3010. The topological polar surface area (TPSA) is 113 Å². The van der Waals surface area contributed by atoms with Crippen LogP contribution in [0.5, 0.6) is 0 Å². The van der Waals surface area contributed by atoms with E-state index >= 15 is 0 Å². The molecule has 2 aliphatic heterocycles. The summed E-state index contributed by atoms with van der Waals surface area (Å²) in [7, 11) is 0. The maximum absolute atomic E-state index is 14.6. The van der Waals surface area contributed by atoms with E-state index in [0.717, 1.165) is 50.5 Å². The number of aryl methyl sites for hydroxylation is 1. The molecule has 7 aliphatic carbocycles. The molecule has 5 saturated carbocycles. The summed E-state index contributed by atoms with van der Waals surface area (Å²) in [4.78, 5) is 26.8. The first-order chi connectivity index (χ1) is 37.2. The number of benzene rings is 4. The molecular formula is C70H84O7. The molecule has 5 fully saturated rings. The lowest BCUT2D eigenvalue weighted by atomic mass is 9.34. The molecule has 0 aromatic heterocycles. The Morgan fingerprint density at radius 2 is 1.60 bits per heavy atom. The van der Waals surface area contributed by atoms with Crippen molar-refractivity contribution in [2.75, 3.05) is 6.61 Å². The summed E-state index contributed by atoms with van der Waals surface area (Å²) in [5.41, 5.74) is 3.81. The maximum Gasteiger partial charge on any atom is 0.331 e. The number of aliphatic hydroxyl groups is 3. The quantitative estimate of drug-likeness (QED) is 0.0903. The Morgan fingerprint density at radius 1 is 0.792 bits per heavy atom. The molecule has 406 valence electrons. The van der Waals surface area contributed by atoms with Gasteiger partial charge in [0.1, 0.15) is 12.7 Å². The van der Waals surface area contributed by atoms with Crippen molar-refractivity contribution < 1.29 is 34.4 Å². The molecular weight excluding hydrogens is 953 g/mol. The minimum Gasteiger partial charge on any atom is -0.462 e. The lowest BCUT2D eigenvalue weighted by Gasteiger charge is -2.72. The maximum atomic E-state index is 14.6. The van der Waals surface area contributed by atoms with Crippen molar-refractivity contribution >= 4 is 22.7 Å². The van der Waals surface area contributed by atoms with Crippen LogP contribution in [-0.4, -0.2) is 57.8 Å². The van der Waals surface area contributed by atoms with Gasteiger partial charge < -0.3 is 24.8 Å². The number of carbonyl (C=O) groups is 2. The Labute approximate surface area is 458 Å². The number of aliphatic hydroxyl groups excluding tert-OH is 2. The molecule has 7 heteroatoms. The highest BCUT2D eigenvalue weighted by Crippen LogP contribution is 2.77. The second kappa shape index (κ2) is 19.5. The van der Waals surface area contributed by atoms with Crippen LogP contribution in [0.1, 0.15) is 201 Å². The third kappa shape index (κ3) is 7.88. The van der Waals surface area contributed by atoms with E-state index in [1.807, 2.05) is 6.92 Å². The Kier molecular flexibility index (Phi) is 13.1. The zero-order valence-corrected chi connectivity index (χ0v) is 46.2. The molecule has 4 aromatic rings. The number of hydrogen-bond acceptors (Lipinski definition) is 7. The van der Waals surface area contributed by atoms with Gasteiger partial charge in [-0.2, -0.15) is 0 Å². The van der Waals surface area contributed by atoms with Gasteiger partial charge in [0.2, 0.25) is 0 Å². The van der Waals surface area contributed by atoms with Gasteiger partial charge in [0, 0.05) is 30.3 Å². The molecule has 77 heavy (non-hydrogen) atoms. The van der Waals surface area contributed by atoms with E-state index in [1.165, 1.54) is 66.8 Å². The highest BCUT2D eigenvalue weighted by atomic mass is 16.5. The van der Waals surface area contributed by atoms with E-state index in [1.54, 1.807) is 22.8 Å². The third-order valence-electron chi connectivity index (χ3n) is 23.9. The predicted octanol–water partition coefficient (Wildman–Crippen LogP) is 13.9. The zero-order valence-electron chi connectivity index (χ0n) is 46.2. The van der Waals surface area contributed by atoms with Crippen LogP contribution >= 0.6 is 0 Å². The van der Waals surface area contributed by atoms with Crippen molar-refractivity contribution in [2.45, 2.75) is 209 Å². The van der Waals surface area contributed by atoms with Crippen LogP contribution < -0.4 is 0 Å². The number of rotatable bonds is 13. The molecule has 0 radical (unpaired) electrons. The van der Waals surface area contributed by atoms with Crippen LogP contribution in [0.25, 0.3) is 10.8 Å². The Hall–Kier alpha value is -4.74. The number of hydrogen-bond donors (Lipinski definition) is 3. The minimum absolute atomic E-state index is 0.113. The minimum atomic E-state index is -1.74. The van der Waals surface area contributed by atoms with Crippen molar-refractivity contribution in [2.24, 2.45) is 45.3 Å². The molecule has 2 heterocycles. The van der Waals surface area contributed by atoms with Crippen molar-refractivity contribution in [1.82, 2.24) is 0 Å². The van der Waals surface area contributed by atoms with Gasteiger partial charge in [-0.25, -0.2) is 4.79 Å². The lowest BCUT2D eigenvalue weighted by molar-refractivity contribution is -0.339. The van der Waals surface area contributed by atoms with Gasteiger partial charge in [0.15, 0.2) is 0 Å². The highest BCUT2D eigenvalue weighted by molar-refractivity contribution is 5.93. The van der Waals surface area contributed by atoms with Crippen LogP contribution in [-0.2, 0) is 30.9 Å². The smallest absolute Gasteiger partial charge is 0.331 e. The van der Waals surface area contributed by atoms with Crippen LogP contribution in [0.3, 0.4) is 0 Å². The summed E-state index contributed by atoms with van der Waals surface area (Å²) in [6, 6.07) is 34.5. The van der Waals surface area contributed by atoms with E-state index in [4.69, 9.17) is 9.47 Å². The molecule has 0 saturated heterocycles. The van der Waals surface area contributed by atoms with Gasteiger partial charge in [0.05, 0.1) is 35.1 Å². The van der Waals surface area contributed by atoms with E-state index in [2.05, 4.69) is 117 Å². The number of carbonyl (C=O) groups excluding carboxylic acids is 2. The van der Waals surface area contributed by atoms with Gasteiger partial charge >= 0.3 is 11.9 Å². The monoisotopic (exact) mass is 1040 g/mol. The Balaban J connectivity index is 0.918. The number of fused-ring (bicyclic) bond motifs is 7. The van der Waals surface area contributed by atoms with E-state index in [-0.39, 0.29) is 48.1 Å². The first-order valence-electron chi connectivity index (χ1n) is 30.5. The fraction of sp³-hybridized carbons (Fsp3) is 0.600. The second-order valence-electron chi connectivity index (χ2n) is 27.3. The van der Waals surface area contributed by atoms with Crippen molar-refractivity contribution in [3.8, 4) is 11.8 Å². The fourth-order valence-corrected chi connectivity index (χ4v) is 20.6. The molecule has 9 aliphatic rings. The number of ether oxygens (including phenoxy) is 2. The predicted molar refractivity (Wildman–Crippen MR) is 302 cm³/mol. The number of cyclic esters (lactones) is 1. The normalized spacial score (nSPS) is 39.4. The SMILES string of the molecule is C[C@H](CCCc1ccccc1)CC[C@H](O)[C@]12[C@@H](O)CC[C@@](C)([C@@H]3CC[C@]45CC[C@@H]6C[C@]7(c8ccccc8)CCCC[C@@H]7c7ccc8cccc(c8c7[C@@H]64)[C@@H]5C3)[C@@H]1[C@H]1C[C@](C)(C#CCCC(=O)O1)[C@]2(O)CCC1=CC(=O)OC1. The van der Waals surface area contributed by atoms with Gasteiger partial charge in [-0.15, -0.1) is 5.92 Å². The standard InChI is InChI=1S/C70H84O7/c1-45(16-14-19-46-17-6-4-7-18-46)26-29-57(71)70-58(72)33-36-66(3,64(70)56-43-65(2,34-12-11-25-59(73)77-56)69(70,75)39-30-47-40-60(74)76-44-47)51-32-38-67-37-31-49-42-68(50-21-8-5-9-22-50)35-13-10-24-54(68)53-28-27-48-20-15-23-52(55(67)41-51)61(48)62(53)63(49)67/h4-9,15,17-18,20-23,27-28,40,45,49,51,54-58,63-64,71-72,75H,10-11,13-14,16,19,24-26,29-33,35-39,41-44H2,1-3H3/t45-,49-,51-,54-,55+,56-,57+,58+,63-,64+,65+,66+,67+,68+,69-,70+/m1/s1. The van der Waals surface area contributed by atoms with E-state index in [0.29, 0.717) is 68.1 Å². The molecule has 2 bridgehead atoms. The Morgan fingerprint density at radius 3 is 2.40 bits per heavy atom. The number of esters is 2. The van der Waals surface area contributed by atoms with Gasteiger partial charge in [-0.1, -0.05) is 130 Å². The molecule has 7 nitrogen and oxygen atoms in total. The molecule has 16 atom stereocenters. The summed E-state index contributed by atoms with van der Waals surface area (Å²) in [5.74, 6) is 8.02. The van der Waals surface area contributed by atoms with Crippen LogP contribution in [0.15, 0.2) is 103 Å². The molecule has 13 rings (SSSR count). The summed E-state index contributed by atoms with van der Waals surface area (Å²) in [6.07, 6.45) is 17.1. The average Bonchev–Trinajstić information content (AvgIpc) is 4.18. The zero-order chi connectivity index (χ0) is 53.0. The van der Waals surface area contributed by atoms with Crippen LogP contribution in [0, 0.1) is 57.2 Å². The van der Waals surface area contributed by atoms with E-state index < -0.39 is 46.1 Å². The lowest BCUT2D eigenvalue weighted by Crippen LogP contribution is -2.79. The molecule has 3 N–H and O–H groups in total. The van der Waals surface area contributed by atoms with Crippen molar-refractivity contribution in [1.29, 1.82) is 0 Å². The van der Waals surface area contributed by atoms with E-state index in [9.17, 15) is 24.9 Å². The molecule has 1 spiro atoms. The summed E-state index contributed by atoms with van der Waals surface area (Å²) >= 11 is 0. The third-order valence-corrected chi connectivity index (χ3v) is 23.9. The first kappa shape index (κ1) is 51.7. The summed E-state index contributed by atoms with van der Waals surface area (Å²) < 4.78 is 12.3. The van der Waals surface area contributed by atoms with Crippen LogP contribution in [0.2, 0.25) is 0 Å². The summed E-state index contributed by atoms with van der Waals surface area (Å²) in [5, 5.41) is 44.6. The molecule has 0 amide bonds. The molecule has 0 unspecified atom stereocenters. The molecule has 4 aromatic carbocycles. The fourth-order valence-electron chi connectivity index (χ4n) is 20.6. The van der Waals surface area contributed by atoms with Gasteiger partial charge in [-0.05, 0) is 200 Å². The van der Waals surface area contributed by atoms with Gasteiger partial charge in [0.25, 0.3) is 0 Å². The van der Waals surface area contributed by atoms with Crippen molar-refractivity contribution in [3.05, 3.63) is 130 Å². The van der Waals surface area contributed by atoms with Crippen LogP contribution in [0.4, 0.5) is 0 Å². The average molecular weight is 1040 g/mol. The van der Waals surface area contributed by atoms with Gasteiger partial charge in [-0.3, -0.25) is 4.79 Å². The van der Waals surface area contributed by atoms with Crippen molar-refractivity contribution in [3.63, 3.8) is 0 Å².